The van der Waals surface area contributed by atoms with E-state index in [0.29, 0.717) is 24.8 Å². The van der Waals surface area contributed by atoms with E-state index in [1.54, 1.807) is 6.20 Å². The van der Waals surface area contributed by atoms with E-state index < -0.39 is 0 Å². The maximum absolute atomic E-state index is 13.3. The Morgan fingerprint density at radius 3 is 2.56 bits per heavy atom. The molecule has 4 heteroatoms. The molecule has 2 heterocycles. The van der Waals surface area contributed by atoms with Crippen molar-refractivity contribution in [2.45, 2.75) is 76.8 Å². The number of rotatable bonds is 9. The second-order valence-electron chi connectivity index (χ2n) is 9.77. The molecule has 2 fully saturated rings. The quantitative estimate of drug-likeness (QED) is 0.525. The van der Waals surface area contributed by atoms with Gasteiger partial charge in [0, 0.05) is 44.5 Å². The minimum Gasteiger partial charge on any atom is -0.338 e. The van der Waals surface area contributed by atoms with E-state index in [-0.39, 0.29) is 0 Å². The summed E-state index contributed by atoms with van der Waals surface area (Å²) in [5.74, 6) is 0.875. The van der Waals surface area contributed by atoms with E-state index in [4.69, 9.17) is 0 Å². The number of piperidine rings is 1. The Morgan fingerprint density at radius 2 is 1.78 bits per heavy atom. The largest absolute Gasteiger partial charge is 0.338 e. The molecule has 0 spiro atoms. The van der Waals surface area contributed by atoms with Gasteiger partial charge in [0.15, 0.2) is 0 Å². The SMILES string of the molecule is O=C(CCCc1ccccc1)N(Cc1cccnc1)C[C@@H]1CCCN(C2CCCCC2)C1. The summed E-state index contributed by atoms with van der Waals surface area (Å²) in [5.41, 5.74) is 2.44. The third kappa shape index (κ3) is 6.90. The Kier molecular flexibility index (Phi) is 8.72. The van der Waals surface area contributed by atoms with Crippen molar-refractivity contribution in [3.63, 3.8) is 0 Å². The standard InChI is InChI=1S/C28H39N3O/c32-28(17-7-12-24-10-3-1-4-11-24)31(21-25-13-8-18-29-20-25)23-26-14-9-19-30(22-26)27-15-5-2-6-16-27/h1,3-4,8,10-11,13,18,20,26-27H,2,5-7,9,12,14-17,19,21-23H2/t26-/m1/s1. The van der Waals surface area contributed by atoms with Crippen molar-refractivity contribution < 1.29 is 4.79 Å². The van der Waals surface area contributed by atoms with Gasteiger partial charge in [-0.1, -0.05) is 55.7 Å². The average Bonchev–Trinajstić information content (AvgIpc) is 2.86. The van der Waals surface area contributed by atoms with E-state index in [2.05, 4.69) is 45.1 Å². The number of amides is 1. The van der Waals surface area contributed by atoms with Crippen LogP contribution < -0.4 is 0 Å². The number of aromatic nitrogens is 1. The zero-order chi connectivity index (χ0) is 22.0. The molecule has 0 unspecified atom stereocenters. The number of carbonyl (C=O) groups excluding carboxylic acids is 1. The Balaban J connectivity index is 1.35. The highest BCUT2D eigenvalue weighted by atomic mass is 16.2. The molecule has 1 aromatic carbocycles. The number of likely N-dealkylation sites (tertiary alicyclic amines) is 1. The lowest BCUT2D eigenvalue weighted by Gasteiger charge is -2.41. The Morgan fingerprint density at radius 1 is 0.969 bits per heavy atom. The molecule has 2 aromatic rings. The summed E-state index contributed by atoms with van der Waals surface area (Å²) < 4.78 is 0. The number of aryl methyl sites for hydroxylation is 1. The number of benzene rings is 1. The molecular weight excluding hydrogens is 394 g/mol. The summed E-state index contributed by atoms with van der Waals surface area (Å²) in [4.78, 5) is 22.4. The summed E-state index contributed by atoms with van der Waals surface area (Å²) in [6, 6.07) is 15.3. The molecular formula is C28H39N3O. The van der Waals surface area contributed by atoms with Crippen molar-refractivity contribution in [1.82, 2.24) is 14.8 Å². The van der Waals surface area contributed by atoms with Crippen molar-refractivity contribution in [1.29, 1.82) is 0 Å². The summed E-state index contributed by atoms with van der Waals surface area (Å²) in [6.45, 7) is 3.96. The van der Waals surface area contributed by atoms with Crippen molar-refractivity contribution in [2.24, 2.45) is 5.92 Å². The molecule has 4 rings (SSSR count). The van der Waals surface area contributed by atoms with Gasteiger partial charge in [-0.05, 0) is 68.2 Å². The minimum atomic E-state index is 0.291. The second kappa shape index (κ2) is 12.2. The number of pyridine rings is 1. The smallest absolute Gasteiger partial charge is 0.222 e. The highest BCUT2D eigenvalue weighted by Gasteiger charge is 2.29. The molecule has 0 radical (unpaired) electrons. The molecule has 1 atom stereocenters. The molecule has 172 valence electrons. The van der Waals surface area contributed by atoms with Crippen molar-refractivity contribution >= 4 is 5.91 Å². The van der Waals surface area contributed by atoms with E-state index in [0.717, 1.165) is 37.5 Å². The van der Waals surface area contributed by atoms with Gasteiger partial charge in [-0.25, -0.2) is 0 Å². The van der Waals surface area contributed by atoms with Crippen LogP contribution >= 0.6 is 0 Å². The Labute approximate surface area is 194 Å². The molecule has 32 heavy (non-hydrogen) atoms. The lowest BCUT2D eigenvalue weighted by Crippen LogP contribution is -2.47. The molecule has 2 aliphatic rings. The van der Waals surface area contributed by atoms with E-state index in [1.165, 1.54) is 57.1 Å². The number of hydrogen-bond donors (Lipinski definition) is 0. The molecule has 0 N–H and O–H groups in total. The molecule has 0 bridgehead atoms. The van der Waals surface area contributed by atoms with Gasteiger partial charge in [0.05, 0.1) is 0 Å². The monoisotopic (exact) mass is 433 g/mol. The zero-order valence-electron chi connectivity index (χ0n) is 19.5. The third-order valence-corrected chi connectivity index (χ3v) is 7.27. The van der Waals surface area contributed by atoms with Crippen LogP contribution in [0.2, 0.25) is 0 Å². The predicted octanol–water partition coefficient (Wildman–Crippen LogP) is 5.48. The Bertz CT molecular complexity index is 804. The summed E-state index contributed by atoms with van der Waals surface area (Å²) in [5, 5.41) is 0. The van der Waals surface area contributed by atoms with Crippen LogP contribution in [-0.4, -0.2) is 46.4 Å². The first kappa shape index (κ1) is 23.0. The number of nitrogens with zero attached hydrogens (tertiary/aromatic N) is 3. The first-order valence-electron chi connectivity index (χ1n) is 12.7. The zero-order valence-corrected chi connectivity index (χ0v) is 19.5. The number of hydrogen-bond acceptors (Lipinski definition) is 3. The van der Waals surface area contributed by atoms with Gasteiger partial charge in [-0.3, -0.25) is 9.78 Å². The maximum Gasteiger partial charge on any atom is 0.222 e. The van der Waals surface area contributed by atoms with E-state index >= 15 is 0 Å². The molecule has 1 amide bonds. The number of carbonyl (C=O) groups is 1. The fourth-order valence-corrected chi connectivity index (χ4v) is 5.55. The van der Waals surface area contributed by atoms with Gasteiger partial charge in [-0.2, -0.15) is 0 Å². The second-order valence-corrected chi connectivity index (χ2v) is 9.77. The fourth-order valence-electron chi connectivity index (χ4n) is 5.55. The summed E-state index contributed by atoms with van der Waals surface area (Å²) in [6.07, 6.45) is 15.6. The normalized spacial score (nSPS) is 20.2. The fraction of sp³-hybridized carbons (Fsp3) is 0.571. The van der Waals surface area contributed by atoms with Crippen molar-refractivity contribution in [3.8, 4) is 0 Å². The van der Waals surface area contributed by atoms with Gasteiger partial charge in [0.2, 0.25) is 5.91 Å². The van der Waals surface area contributed by atoms with E-state index in [1.807, 2.05) is 18.3 Å². The van der Waals surface area contributed by atoms with Crippen LogP contribution in [0.5, 0.6) is 0 Å². The third-order valence-electron chi connectivity index (χ3n) is 7.27. The lowest BCUT2D eigenvalue weighted by atomic mass is 9.90. The molecule has 1 saturated carbocycles. The Hall–Kier alpha value is -2.20. The average molecular weight is 434 g/mol. The highest BCUT2D eigenvalue weighted by molar-refractivity contribution is 5.76. The van der Waals surface area contributed by atoms with Gasteiger partial charge in [-0.15, -0.1) is 0 Å². The highest BCUT2D eigenvalue weighted by Crippen LogP contribution is 2.28. The van der Waals surface area contributed by atoms with Gasteiger partial charge in [0.1, 0.15) is 0 Å². The molecule has 1 saturated heterocycles. The topological polar surface area (TPSA) is 36.4 Å². The minimum absolute atomic E-state index is 0.291. The lowest BCUT2D eigenvalue weighted by molar-refractivity contribution is -0.133. The molecule has 1 aromatic heterocycles. The van der Waals surface area contributed by atoms with Gasteiger partial charge in [0.25, 0.3) is 0 Å². The molecule has 1 aliphatic heterocycles. The predicted molar refractivity (Wildman–Crippen MR) is 130 cm³/mol. The van der Waals surface area contributed by atoms with Crippen LogP contribution in [0.4, 0.5) is 0 Å². The van der Waals surface area contributed by atoms with E-state index in [9.17, 15) is 4.79 Å². The van der Waals surface area contributed by atoms with Crippen LogP contribution in [0.15, 0.2) is 54.9 Å². The summed E-state index contributed by atoms with van der Waals surface area (Å²) >= 11 is 0. The van der Waals surface area contributed by atoms with Crippen molar-refractivity contribution in [2.75, 3.05) is 19.6 Å². The van der Waals surface area contributed by atoms with Crippen LogP contribution in [0, 0.1) is 5.92 Å². The molecule has 1 aliphatic carbocycles. The summed E-state index contributed by atoms with van der Waals surface area (Å²) in [7, 11) is 0. The first-order valence-corrected chi connectivity index (χ1v) is 12.7. The first-order chi connectivity index (χ1) is 15.8. The van der Waals surface area contributed by atoms with Crippen LogP contribution in [0.25, 0.3) is 0 Å². The van der Waals surface area contributed by atoms with Crippen molar-refractivity contribution in [3.05, 3.63) is 66.0 Å². The van der Waals surface area contributed by atoms with Crippen LogP contribution in [0.1, 0.15) is 68.9 Å². The van der Waals surface area contributed by atoms with Gasteiger partial charge < -0.3 is 9.80 Å². The maximum atomic E-state index is 13.3. The molecule has 4 nitrogen and oxygen atoms in total. The van der Waals surface area contributed by atoms with Crippen LogP contribution in [-0.2, 0) is 17.8 Å². The van der Waals surface area contributed by atoms with Gasteiger partial charge >= 0.3 is 0 Å². The van der Waals surface area contributed by atoms with Crippen LogP contribution in [0.3, 0.4) is 0 Å².